The van der Waals surface area contributed by atoms with Crippen molar-refractivity contribution in [3.8, 4) is 0 Å². The van der Waals surface area contributed by atoms with Crippen LogP contribution in [-0.4, -0.2) is 35.4 Å². The Kier molecular flexibility index (Phi) is 5.75. The number of nitrogens with one attached hydrogen (secondary N) is 1. The number of benzene rings is 1. The smallest absolute Gasteiger partial charge is 0.253 e. The molecule has 6 nitrogen and oxygen atoms in total. The molecule has 1 aromatic carbocycles. The molecule has 0 saturated carbocycles. The lowest BCUT2D eigenvalue weighted by molar-refractivity contribution is -0.116. The van der Waals surface area contributed by atoms with Gasteiger partial charge in [0.2, 0.25) is 5.91 Å². The maximum Gasteiger partial charge on any atom is 0.253 e. The number of nitrogens with zero attached hydrogens (tertiary/aromatic N) is 2. The van der Waals surface area contributed by atoms with E-state index >= 15 is 0 Å². The van der Waals surface area contributed by atoms with Gasteiger partial charge in [0.1, 0.15) is 0 Å². The van der Waals surface area contributed by atoms with Crippen LogP contribution in [0.5, 0.6) is 0 Å². The van der Waals surface area contributed by atoms with Gasteiger partial charge in [-0.2, -0.15) is 0 Å². The van der Waals surface area contributed by atoms with Crippen LogP contribution in [0, 0.1) is 13.8 Å². The first-order valence-corrected chi connectivity index (χ1v) is 8.09. The number of carbonyl (C=O) groups is 2. The molecule has 6 heteroatoms. The van der Waals surface area contributed by atoms with Crippen molar-refractivity contribution in [2.24, 2.45) is 0 Å². The van der Waals surface area contributed by atoms with Gasteiger partial charge in [0, 0.05) is 50.1 Å². The van der Waals surface area contributed by atoms with E-state index in [4.69, 9.17) is 0 Å². The van der Waals surface area contributed by atoms with Crippen molar-refractivity contribution in [3.05, 3.63) is 63.6 Å². The highest BCUT2D eigenvalue weighted by atomic mass is 16.2. The first-order chi connectivity index (χ1) is 11.8. The Bertz CT molecular complexity index is 853. The lowest BCUT2D eigenvalue weighted by Gasteiger charge is -2.16. The third-order valence-electron chi connectivity index (χ3n) is 4.07. The zero-order valence-electron chi connectivity index (χ0n) is 15.0. The summed E-state index contributed by atoms with van der Waals surface area (Å²) in [4.78, 5) is 37.8. The zero-order chi connectivity index (χ0) is 18.6. The highest BCUT2D eigenvalue weighted by Gasteiger charge is 2.14. The van der Waals surface area contributed by atoms with Crippen LogP contribution in [0.15, 0.2) is 41.2 Å². The van der Waals surface area contributed by atoms with Crippen LogP contribution in [0.25, 0.3) is 0 Å². The van der Waals surface area contributed by atoms with Crippen LogP contribution >= 0.6 is 0 Å². The van der Waals surface area contributed by atoms with E-state index in [9.17, 15) is 14.4 Å². The monoisotopic (exact) mass is 341 g/mol. The molecule has 0 spiro atoms. The summed E-state index contributed by atoms with van der Waals surface area (Å²) < 4.78 is 1.57. The summed E-state index contributed by atoms with van der Waals surface area (Å²) in [5.41, 5.74) is 2.58. The molecule has 2 rings (SSSR count). The van der Waals surface area contributed by atoms with Crippen molar-refractivity contribution in [2.45, 2.75) is 26.8 Å². The number of rotatable bonds is 5. The number of hydrogen-bond donors (Lipinski definition) is 1. The number of aryl methyl sites for hydroxylation is 1. The van der Waals surface area contributed by atoms with Gasteiger partial charge in [-0.25, -0.2) is 0 Å². The summed E-state index contributed by atoms with van der Waals surface area (Å²) in [6.45, 7) is 3.95. The zero-order valence-corrected chi connectivity index (χ0v) is 15.0. The standard InChI is InChI=1S/C19H23N3O3/c1-13-7-5-10-18(24)22(13)12-11-17(23)20-16-9-6-8-15(14(16)2)19(25)21(3)4/h5-10H,11-12H2,1-4H3,(H,20,23). The number of carbonyl (C=O) groups excluding carboxylic acids is 2. The summed E-state index contributed by atoms with van der Waals surface area (Å²) in [7, 11) is 3.37. The maximum atomic E-state index is 12.3. The maximum absolute atomic E-state index is 12.3. The molecule has 0 bridgehead atoms. The van der Waals surface area contributed by atoms with Crippen LogP contribution < -0.4 is 10.9 Å². The Morgan fingerprint density at radius 2 is 1.76 bits per heavy atom. The number of aromatic nitrogens is 1. The molecule has 1 N–H and O–H groups in total. The van der Waals surface area contributed by atoms with Crippen molar-refractivity contribution in [3.63, 3.8) is 0 Å². The first kappa shape index (κ1) is 18.4. The quantitative estimate of drug-likeness (QED) is 0.906. The largest absolute Gasteiger partial charge is 0.345 e. The summed E-state index contributed by atoms with van der Waals surface area (Å²) in [6, 6.07) is 10.3. The molecule has 2 amide bonds. The topological polar surface area (TPSA) is 71.4 Å². The van der Waals surface area contributed by atoms with E-state index in [0.29, 0.717) is 17.8 Å². The second-order valence-electron chi connectivity index (χ2n) is 6.13. The molecule has 132 valence electrons. The molecule has 25 heavy (non-hydrogen) atoms. The summed E-state index contributed by atoms with van der Waals surface area (Å²) in [5, 5.41) is 2.83. The molecule has 0 fully saturated rings. The van der Waals surface area contributed by atoms with Crippen LogP contribution in [0.1, 0.15) is 28.0 Å². The molecule has 0 radical (unpaired) electrons. The SMILES string of the molecule is Cc1c(NC(=O)CCn2c(C)cccc2=O)cccc1C(=O)N(C)C. The second kappa shape index (κ2) is 7.79. The van der Waals surface area contributed by atoms with E-state index in [2.05, 4.69) is 5.32 Å². The predicted octanol–water partition coefficient (Wildman–Crippen LogP) is 2.20. The molecular weight excluding hydrogens is 318 g/mol. The molecule has 0 unspecified atom stereocenters. The van der Waals surface area contributed by atoms with Crippen LogP contribution in [0.2, 0.25) is 0 Å². The predicted molar refractivity (Wildman–Crippen MR) is 97.9 cm³/mol. The fourth-order valence-corrected chi connectivity index (χ4v) is 2.58. The highest BCUT2D eigenvalue weighted by molar-refractivity contribution is 5.99. The minimum absolute atomic E-state index is 0.111. The fraction of sp³-hybridized carbons (Fsp3) is 0.316. The third-order valence-corrected chi connectivity index (χ3v) is 4.07. The van der Waals surface area contributed by atoms with Crippen molar-refractivity contribution in [2.75, 3.05) is 19.4 Å². The van der Waals surface area contributed by atoms with Crippen molar-refractivity contribution in [1.82, 2.24) is 9.47 Å². The molecule has 0 aliphatic heterocycles. The Morgan fingerprint density at radius 1 is 1.08 bits per heavy atom. The van der Waals surface area contributed by atoms with E-state index in [0.717, 1.165) is 11.3 Å². The Morgan fingerprint density at radius 3 is 2.40 bits per heavy atom. The average molecular weight is 341 g/mol. The first-order valence-electron chi connectivity index (χ1n) is 8.09. The lowest BCUT2D eigenvalue weighted by atomic mass is 10.1. The van der Waals surface area contributed by atoms with Gasteiger partial charge in [0.25, 0.3) is 11.5 Å². The fourth-order valence-electron chi connectivity index (χ4n) is 2.58. The van der Waals surface area contributed by atoms with Gasteiger partial charge in [-0.15, -0.1) is 0 Å². The molecule has 1 heterocycles. The van der Waals surface area contributed by atoms with E-state index < -0.39 is 0 Å². The number of amides is 2. The van der Waals surface area contributed by atoms with Gasteiger partial charge in [-0.1, -0.05) is 12.1 Å². The molecular formula is C19H23N3O3. The van der Waals surface area contributed by atoms with Gasteiger partial charge in [-0.05, 0) is 37.6 Å². The average Bonchev–Trinajstić information content (AvgIpc) is 2.55. The Balaban J connectivity index is 2.10. The molecule has 0 atom stereocenters. The number of hydrogen-bond acceptors (Lipinski definition) is 3. The van der Waals surface area contributed by atoms with E-state index in [-0.39, 0.29) is 23.8 Å². The number of anilines is 1. The van der Waals surface area contributed by atoms with Crippen LogP contribution in [-0.2, 0) is 11.3 Å². The van der Waals surface area contributed by atoms with E-state index in [1.165, 1.54) is 11.0 Å². The summed E-state index contributed by atoms with van der Waals surface area (Å²) in [5.74, 6) is -0.312. The van der Waals surface area contributed by atoms with Gasteiger partial charge >= 0.3 is 0 Å². The van der Waals surface area contributed by atoms with Crippen molar-refractivity contribution < 1.29 is 9.59 Å². The molecule has 0 aliphatic rings. The third kappa shape index (κ3) is 4.35. The van der Waals surface area contributed by atoms with E-state index in [1.54, 1.807) is 49.9 Å². The summed E-state index contributed by atoms with van der Waals surface area (Å²) in [6.07, 6.45) is 0.177. The minimum Gasteiger partial charge on any atom is -0.345 e. The highest BCUT2D eigenvalue weighted by Crippen LogP contribution is 2.20. The normalized spacial score (nSPS) is 10.4. The van der Waals surface area contributed by atoms with E-state index in [1.807, 2.05) is 13.0 Å². The Hall–Kier alpha value is -2.89. The van der Waals surface area contributed by atoms with Crippen molar-refractivity contribution >= 4 is 17.5 Å². The second-order valence-corrected chi connectivity index (χ2v) is 6.13. The van der Waals surface area contributed by atoms with Gasteiger partial charge < -0.3 is 14.8 Å². The number of pyridine rings is 1. The van der Waals surface area contributed by atoms with Crippen LogP contribution in [0.4, 0.5) is 5.69 Å². The minimum atomic E-state index is -0.201. The van der Waals surface area contributed by atoms with Gasteiger partial charge in [-0.3, -0.25) is 14.4 Å². The van der Waals surface area contributed by atoms with Crippen molar-refractivity contribution in [1.29, 1.82) is 0 Å². The lowest BCUT2D eigenvalue weighted by Crippen LogP contribution is -2.25. The molecule has 0 aliphatic carbocycles. The molecule has 1 aromatic heterocycles. The molecule has 0 saturated heterocycles. The van der Waals surface area contributed by atoms with Crippen LogP contribution in [0.3, 0.4) is 0 Å². The molecule has 2 aromatic rings. The van der Waals surface area contributed by atoms with Gasteiger partial charge in [0.05, 0.1) is 0 Å². The Labute approximate surface area is 147 Å². The summed E-state index contributed by atoms with van der Waals surface area (Å²) >= 11 is 0. The van der Waals surface area contributed by atoms with Gasteiger partial charge in [0.15, 0.2) is 0 Å².